The van der Waals surface area contributed by atoms with E-state index in [-0.39, 0.29) is 11.2 Å². The molecule has 1 aromatic carbocycles. The van der Waals surface area contributed by atoms with Gasteiger partial charge in [0.25, 0.3) is 5.89 Å². The van der Waals surface area contributed by atoms with Crippen LogP contribution in [-0.4, -0.2) is 34.4 Å². The van der Waals surface area contributed by atoms with Crippen LogP contribution in [0.2, 0.25) is 0 Å². The molecule has 0 radical (unpaired) electrons. The molecule has 1 aliphatic carbocycles. The Morgan fingerprint density at radius 3 is 2.83 bits per heavy atom. The third kappa shape index (κ3) is 4.25. The number of aromatic nitrogens is 2. The summed E-state index contributed by atoms with van der Waals surface area (Å²) in [5, 5.41) is 6.84. The Morgan fingerprint density at radius 2 is 2.17 bits per heavy atom. The Kier molecular flexibility index (Phi) is 4.85. The largest absolute Gasteiger partial charge is 0.497 e. The molecule has 0 bridgehead atoms. The maximum absolute atomic E-state index is 11.9. The number of ether oxygens (including phenoxy) is 1. The maximum Gasteiger partial charge on any atom is 0.257 e. The monoisotopic (exact) mass is 333 g/mol. The highest BCUT2D eigenvalue weighted by Gasteiger charge is 2.26. The van der Waals surface area contributed by atoms with Crippen molar-refractivity contribution in [2.75, 3.05) is 7.11 Å². The number of methoxy groups -OCH3 is 1. The van der Waals surface area contributed by atoms with Crippen LogP contribution in [0, 0.1) is 0 Å². The van der Waals surface area contributed by atoms with Crippen molar-refractivity contribution in [2.24, 2.45) is 0 Å². The Labute approximate surface area is 139 Å². The van der Waals surface area contributed by atoms with Crippen LogP contribution < -0.4 is 10.1 Å². The van der Waals surface area contributed by atoms with Crippen molar-refractivity contribution in [1.82, 2.24) is 15.5 Å². The lowest BCUT2D eigenvalue weighted by atomic mass is 10.2. The normalized spacial score (nSPS) is 15.2. The summed E-state index contributed by atoms with van der Waals surface area (Å²) in [7, 11) is 1.62. The molecule has 1 amide bonds. The van der Waals surface area contributed by atoms with E-state index in [1.165, 1.54) is 11.8 Å². The zero-order chi connectivity index (χ0) is 16.2. The van der Waals surface area contributed by atoms with Crippen LogP contribution in [0.4, 0.5) is 0 Å². The molecule has 0 saturated heterocycles. The van der Waals surface area contributed by atoms with E-state index >= 15 is 0 Å². The molecular weight excluding hydrogens is 314 g/mol. The van der Waals surface area contributed by atoms with Crippen LogP contribution in [-0.2, 0) is 10.5 Å². The quantitative estimate of drug-likeness (QED) is 0.839. The Balaban J connectivity index is 1.54. The molecule has 1 atom stereocenters. The van der Waals surface area contributed by atoms with Crippen LogP contribution in [0.1, 0.15) is 25.6 Å². The molecule has 1 saturated carbocycles. The number of nitrogens with zero attached hydrogens (tertiary/aromatic N) is 2. The van der Waals surface area contributed by atoms with Gasteiger partial charge in [-0.15, -0.1) is 11.8 Å². The lowest BCUT2D eigenvalue weighted by molar-refractivity contribution is -0.120. The van der Waals surface area contributed by atoms with Crippen molar-refractivity contribution in [3.05, 3.63) is 30.1 Å². The van der Waals surface area contributed by atoms with Crippen LogP contribution in [0.3, 0.4) is 0 Å². The molecule has 6 nitrogen and oxygen atoms in total. The molecule has 23 heavy (non-hydrogen) atoms. The number of hydrogen-bond donors (Lipinski definition) is 1. The average Bonchev–Trinajstić information content (AvgIpc) is 3.26. The van der Waals surface area contributed by atoms with Gasteiger partial charge in [-0.05, 0) is 44.0 Å². The van der Waals surface area contributed by atoms with Crippen LogP contribution in [0.25, 0.3) is 11.5 Å². The minimum Gasteiger partial charge on any atom is -0.497 e. The molecule has 1 aliphatic rings. The first-order chi connectivity index (χ1) is 11.2. The fraction of sp³-hybridized carbons (Fsp3) is 0.438. The zero-order valence-electron chi connectivity index (χ0n) is 13.1. The number of hydrogen-bond acceptors (Lipinski definition) is 6. The van der Waals surface area contributed by atoms with Crippen molar-refractivity contribution in [2.45, 2.75) is 36.8 Å². The van der Waals surface area contributed by atoms with Gasteiger partial charge in [0.1, 0.15) is 5.75 Å². The predicted octanol–water partition coefficient (Wildman–Crippen LogP) is 2.65. The Hall–Kier alpha value is -2.02. The van der Waals surface area contributed by atoms with Gasteiger partial charge in [0.2, 0.25) is 5.91 Å². The SMILES string of the molecule is COc1ccc(-c2nc(CS[C@@H](C)C(=O)NC3CC3)no2)cc1. The molecule has 1 aromatic heterocycles. The molecular formula is C16H19N3O3S. The number of carbonyl (C=O) groups is 1. The third-order valence-corrected chi connectivity index (χ3v) is 4.70. The molecule has 1 heterocycles. The highest BCUT2D eigenvalue weighted by Crippen LogP contribution is 2.24. The summed E-state index contributed by atoms with van der Waals surface area (Å²) < 4.78 is 10.4. The van der Waals surface area contributed by atoms with Crippen molar-refractivity contribution in [1.29, 1.82) is 0 Å². The van der Waals surface area contributed by atoms with E-state index in [9.17, 15) is 4.79 Å². The summed E-state index contributed by atoms with van der Waals surface area (Å²) in [4.78, 5) is 16.3. The molecule has 1 N–H and O–H groups in total. The summed E-state index contributed by atoms with van der Waals surface area (Å²) in [6.07, 6.45) is 2.19. The molecule has 0 spiro atoms. The lowest BCUT2D eigenvalue weighted by Gasteiger charge is -2.09. The van der Waals surface area contributed by atoms with E-state index in [1.807, 2.05) is 31.2 Å². The van der Waals surface area contributed by atoms with Crippen LogP contribution in [0.15, 0.2) is 28.8 Å². The molecule has 3 rings (SSSR count). The van der Waals surface area contributed by atoms with Crippen molar-refractivity contribution in [3.8, 4) is 17.2 Å². The first-order valence-corrected chi connectivity index (χ1v) is 8.59. The summed E-state index contributed by atoms with van der Waals surface area (Å²) in [6.45, 7) is 1.90. The molecule has 7 heteroatoms. The first-order valence-electron chi connectivity index (χ1n) is 7.54. The molecule has 122 valence electrons. The fourth-order valence-corrected chi connectivity index (χ4v) is 2.72. The molecule has 0 aliphatic heterocycles. The second-order valence-corrected chi connectivity index (χ2v) is 6.81. The molecule has 2 aromatic rings. The fourth-order valence-electron chi connectivity index (χ4n) is 1.98. The Bertz CT molecular complexity index is 667. The van der Waals surface area contributed by atoms with Gasteiger partial charge in [-0.2, -0.15) is 4.98 Å². The van der Waals surface area contributed by atoms with E-state index in [1.54, 1.807) is 7.11 Å². The summed E-state index contributed by atoms with van der Waals surface area (Å²) >= 11 is 1.50. The topological polar surface area (TPSA) is 77.2 Å². The van der Waals surface area contributed by atoms with Gasteiger partial charge in [0.05, 0.1) is 18.1 Å². The first kappa shape index (κ1) is 15.9. The van der Waals surface area contributed by atoms with Crippen molar-refractivity contribution < 1.29 is 14.1 Å². The number of carbonyl (C=O) groups excluding carboxylic acids is 1. The number of amides is 1. The maximum atomic E-state index is 11.9. The smallest absolute Gasteiger partial charge is 0.257 e. The van der Waals surface area contributed by atoms with Gasteiger partial charge in [0, 0.05) is 11.6 Å². The summed E-state index contributed by atoms with van der Waals surface area (Å²) in [5.74, 6) is 2.46. The summed E-state index contributed by atoms with van der Waals surface area (Å²) in [5.41, 5.74) is 0.842. The summed E-state index contributed by atoms with van der Waals surface area (Å²) in [6, 6.07) is 7.82. The lowest BCUT2D eigenvalue weighted by Crippen LogP contribution is -2.32. The van der Waals surface area contributed by atoms with E-state index in [2.05, 4.69) is 15.5 Å². The average molecular weight is 333 g/mol. The number of nitrogens with one attached hydrogen (secondary N) is 1. The van der Waals surface area contributed by atoms with Gasteiger partial charge in [-0.3, -0.25) is 4.79 Å². The van der Waals surface area contributed by atoms with Gasteiger partial charge in [-0.1, -0.05) is 5.16 Å². The highest BCUT2D eigenvalue weighted by molar-refractivity contribution is 7.99. The number of benzene rings is 1. The van der Waals surface area contributed by atoms with Crippen molar-refractivity contribution >= 4 is 17.7 Å². The second kappa shape index (κ2) is 7.04. The molecule has 0 unspecified atom stereocenters. The third-order valence-electron chi connectivity index (χ3n) is 3.56. The second-order valence-electron chi connectivity index (χ2n) is 5.48. The van der Waals surface area contributed by atoms with Crippen molar-refractivity contribution in [3.63, 3.8) is 0 Å². The zero-order valence-corrected chi connectivity index (χ0v) is 13.9. The van der Waals surface area contributed by atoms with E-state index in [0.29, 0.717) is 23.5 Å². The highest BCUT2D eigenvalue weighted by atomic mass is 32.2. The number of thioether (sulfide) groups is 1. The van der Waals surface area contributed by atoms with E-state index < -0.39 is 0 Å². The molecule has 1 fully saturated rings. The van der Waals surface area contributed by atoms with Gasteiger partial charge in [0.15, 0.2) is 5.82 Å². The number of rotatable bonds is 7. The van der Waals surface area contributed by atoms with Gasteiger partial charge in [-0.25, -0.2) is 0 Å². The van der Waals surface area contributed by atoms with E-state index in [4.69, 9.17) is 9.26 Å². The standard InChI is InChI=1S/C16H19N3O3S/c1-10(15(20)17-12-5-6-12)23-9-14-18-16(22-19-14)11-3-7-13(21-2)8-4-11/h3-4,7-8,10,12H,5-6,9H2,1-2H3,(H,17,20)/t10-/m0/s1. The predicted molar refractivity (Wildman–Crippen MR) is 88.2 cm³/mol. The van der Waals surface area contributed by atoms with Gasteiger partial charge < -0.3 is 14.6 Å². The van der Waals surface area contributed by atoms with Gasteiger partial charge >= 0.3 is 0 Å². The van der Waals surface area contributed by atoms with E-state index in [0.717, 1.165) is 24.2 Å². The van der Waals surface area contributed by atoms with Crippen LogP contribution >= 0.6 is 11.8 Å². The minimum atomic E-state index is -0.126. The minimum absolute atomic E-state index is 0.0800. The Morgan fingerprint density at radius 1 is 1.43 bits per heavy atom. The van der Waals surface area contributed by atoms with Crippen LogP contribution in [0.5, 0.6) is 5.75 Å².